The molecule has 0 aliphatic rings. The largest absolute Gasteiger partial charge is 0.380 e. The minimum absolute atomic E-state index is 0.133. The number of nitrogens with one attached hydrogen (secondary N) is 1. The third kappa shape index (κ3) is 3.68. The van der Waals surface area contributed by atoms with Crippen LogP contribution in [-0.2, 0) is 15.9 Å². The molecule has 1 aromatic carbocycles. The fourth-order valence-electron chi connectivity index (χ4n) is 1.61. The first-order valence-corrected chi connectivity index (χ1v) is 5.69. The Labute approximate surface area is 106 Å². The number of anilines is 1. The summed E-state index contributed by atoms with van der Waals surface area (Å²) in [5.41, 5.74) is 1.53. The molecule has 0 fully saturated rings. The predicted molar refractivity (Wildman–Crippen MR) is 68.8 cm³/mol. The summed E-state index contributed by atoms with van der Waals surface area (Å²) in [4.78, 5) is 10.5. The average Bonchev–Trinajstić information content (AvgIpc) is 2.39. The van der Waals surface area contributed by atoms with Crippen molar-refractivity contribution in [2.45, 2.75) is 19.6 Å². The molecule has 0 amide bonds. The summed E-state index contributed by atoms with van der Waals surface area (Å²) in [5.74, 6) is 0. The molecule has 100 valence electrons. The van der Waals surface area contributed by atoms with Gasteiger partial charge in [-0.3, -0.25) is 10.1 Å². The Bertz CT molecular complexity index is 405. The van der Waals surface area contributed by atoms with Crippen LogP contribution < -0.4 is 5.32 Å². The molecule has 0 aromatic heterocycles. The first-order chi connectivity index (χ1) is 8.62. The third-order valence-corrected chi connectivity index (χ3v) is 2.66. The van der Waals surface area contributed by atoms with Crippen LogP contribution in [0, 0.1) is 10.1 Å². The fourth-order valence-corrected chi connectivity index (χ4v) is 1.61. The number of nitro benzene ring substituents is 1. The monoisotopic (exact) mass is 254 g/mol. The molecule has 0 aliphatic carbocycles. The van der Waals surface area contributed by atoms with Gasteiger partial charge < -0.3 is 14.8 Å². The Morgan fingerprint density at radius 1 is 1.39 bits per heavy atom. The second-order valence-corrected chi connectivity index (χ2v) is 3.74. The van der Waals surface area contributed by atoms with Gasteiger partial charge in [0, 0.05) is 31.5 Å². The van der Waals surface area contributed by atoms with Crippen LogP contribution in [-0.4, -0.2) is 32.0 Å². The number of rotatable bonds is 7. The fraction of sp³-hybridized carbons (Fsp3) is 0.500. The van der Waals surface area contributed by atoms with Crippen molar-refractivity contribution < 1.29 is 14.4 Å². The molecule has 0 bridgehead atoms. The summed E-state index contributed by atoms with van der Waals surface area (Å²) in [7, 11) is 3.08. The van der Waals surface area contributed by atoms with Crippen LogP contribution >= 0.6 is 0 Å². The Kier molecular flexibility index (Phi) is 5.54. The number of nitrogens with zero attached hydrogens (tertiary/aromatic N) is 1. The zero-order chi connectivity index (χ0) is 13.5. The molecular formula is C12H18N2O4. The van der Waals surface area contributed by atoms with E-state index >= 15 is 0 Å². The molecule has 0 atom stereocenters. The van der Waals surface area contributed by atoms with Crippen LogP contribution in [0.15, 0.2) is 18.2 Å². The van der Waals surface area contributed by atoms with E-state index in [2.05, 4.69) is 5.32 Å². The molecule has 0 heterocycles. The Morgan fingerprint density at radius 2 is 2.06 bits per heavy atom. The number of hydrogen-bond donors (Lipinski definition) is 1. The lowest BCUT2D eigenvalue weighted by molar-refractivity contribution is -0.385. The second-order valence-electron chi connectivity index (χ2n) is 3.74. The highest BCUT2D eigenvalue weighted by molar-refractivity contribution is 5.55. The maximum atomic E-state index is 10.9. The summed E-state index contributed by atoms with van der Waals surface area (Å²) in [5, 5.41) is 14.0. The van der Waals surface area contributed by atoms with Gasteiger partial charge in [0.25, 0.3) is 5.69 Å². The van der Waals surface area contributed by atoms with Crippen LogP contribution in [0.2, 0.25) is 0 Å². The van der Waals surface area contributed by atoms with Crippen LogP contribution in [0.1, 0.15) is 12.5 Å². The van der Waals surface area contributed by atoms with Gasteiger partial charge in [-0.25, -0.2) is 0 Å². The molecule has 18 heavy (non-hydrogen) atoms. The highest BCUT2D eigenvalue weighted by Gasteiger charge is 2.13. The van der Waals surface area contributed by atoms with Crippen molar-refractivity contribution >= 4 is 11.4 Å². The molecule has 6 nitrogen and oxygen atoms in total. The molecule has 0 unspecified atom stereocenters. The van der Waals surface area contributed by atoms with E-state index in [9.17, 15) is 10.1 Å². The van der Waals surface area contributed by atoms with Crippen molar-refractivity contribution in [3.63, 3.8) is 0 Å². The maximum absolute atomic E-state index is 10.9. The van der Waals surface area contributed by atoms with Crippen LogP contribution in [0.3, 0.4) is 0 Å². The van der Waals surface area contributed by atoms with E-state index in [1.54, 1.807) is 20.3 Å². The lowest BCUT2D eigenvalue weighted by Gasteiger charge is -2.15. The number of methoxy groups -OCH3 is 2. The summed E-state index contributed by atoms with van der Waals surface area (Å²) < 4.78 is 10.1. The topological polar surface area (TPSA) is 73.6 Å². The minimum Gasteiger partial charge on any atom is -0.380 e. The molecule has 6 heteroatoms. The van der Waals surface area contributed by atoms with Crippen molar-refractivity contribution in [1.82, 2.24) is 0 Å². The molecule has 0 saturated carbocycles. The molecule has 0 radical (unpaired) electrons. The van der Waals surface area contributed by atoms with Gasteiger partial charge in [-0.05, 0) is 12.5 Å². The Morgan fingerprint density at radius 3 is 2.56 bits per heavy atom. The van der Waals surface area contributed by atoms with Crippen molar-refractivity contribution in [3.8, 4) is 0 Å². The third-order valence-electron chi connectivity index (χ3n) is 2.66. The average molecular weight is 254 g/mol. The van der Waals surface area contributed by atoms with E-state index in [-0.39, 0.29) is 16.9 Å². The lowest BCUT2D eigenvalue weighted by atomic mass is 10.1. The van der Waals surface area contributed by atoms with E-state index in [1.807, 2.05) is 13.0 Å². The zero-order valence-corrected chi connectivity index (χ0v) is 10.8. The second kappa shape index (κ2) is 6.93. The molecule has 1 rings (SSSR count). The van der Waals surface area contributed by atoms with Gasteiger partial charge >= 0.3 is 0 Å². The van der Waals surface area contributed by atoms with E-state index in [4.69, 9.17) is 9.47 Å². The maximum Gasteiger partial charge on any atom is 0.274 e. The molecular weight excluding hydrogens is 236 g/mol. The molecule has 1 aromatic rings. The number of hydrogen-bond acceptors (Lipinski definition) is 5. The van der Waals surface area contributed by atoms with Gasteiger partial charge in [0.15, 0.2) is 6.29 Å². The van der Waals surface area contributed by atoms with Gasteiger partial charge in [-0.15, -0.1) is 0 Å². The first-order valence-electron chi connectivity index (χ1n) is 5.69. The Hall–Kier alpha value is -1.66. The first kappa shape index (κ1) is 14.4. The molecule has 0 saturated heterocycles. The van der Waals surface area contributed by atoms with Crippen molar-refractivity contribution in [3.05, 3.63) is 33.9 Å². The standard InChI is InChI=1S/C12H18N2O4/c1-4-9-5-6-10(7-11(9)14(15)16)13-8-12(17-2)18-3/h5-7,12-13H,4,8H2,1-3H3. The highest BCUT2D eigenvalue weighted by atomic mass is 16.7. The van der Waals surface area contributed by atoms with E-state index in [0.29, 0.717) is 18.7 Å². The molecule has 0 aliphatic heterocycles. The van der Waals surface area contributed by atoms with Gasteiger partial charge in [-0.1, -0.05) is 13.0 Å². The van der Waals surface area contributed by atoms with Crippen LogP contribution in [0.4, 0.5) is 11.4 Å². The normalized spacial score (nSPS) is 10.7. The predicted octanol–water partition coefficient (Wildman–Crippen LogP) is 2.19. The van der Waals surface area contributed by atoms with Crippen molar-refractivity contribution in [1.29, 1.82) is 0 Å². The van der Waals surface area contributed by atoms with Gasteiger partial charge in [0.1, 0.15) is 0 Å². The van der Waals surface area contributed by atoms with E-state index < -0.39 is 0 Å². The van der Waals surface area contributed by atoms with Crippen LogP contribution in [0.25, 0.3) is 0 Å². The number of ether oxygens (including phenoxy) is 2. The number of benzene rings is 1. The summed E-state index contributed by atoms with van der Waals surface area (Å²) in [6.07, 6.45) is 0.255. The minimum atomic E-state index is -0.380. The summed E-state index contributed by atoms with van der Waals surface area (Å²) >= 11 is 0. The zero-order valence-electron chi connectivity index (χ0n) is 10.8. The number of aryl methyl sites for hydroxylation is 1. The Balaban J connectivity index is 2.79. The molecule has 1 N–H and O–H groups in total. The van der Waals surface area contributed by atoms with Gasteiger partial charge in [-0.2, -0.15) is 0 Å². The van der Waals surface area contributed by atoms with Crippen molar-refractivity contribution in [2.24, 2.45) is 0 Å². The quantitative estimate of drug-likeness (QED) is 0.458. The van der Waals surface area contributed by atoms with Gasteiger partial charge in [0.05, 0.1) is 11.5 Å². The SMILES string of the molecule is CCc1ccc(NCC(OC)OC)cc1[N+](=O)[O-]. The van der Waals surface area contributed by atoms with E-state index in [1.165, 1.54) is 6.07 Å². The van der Waals surface area contributed by atoms with Gasteiger partial charge in [0.2, 0.25) is 0 Å². The van der Waals surface area contributed by atoms with Crippen molar-refractivity contribution in [2.75, 3.05) is 26.1 Å². The molecule has 0 spiro atoms. The summed E-state index contributed by atoms with van der Waals surface area (Å²) in [6, 6.07) is 5.10. The van der Waals surface area contributed by atoms with E-state index in [0.717, 1.165) is 5.56 Å². The summed E-state index contributed by atoms with van der Waals surface area (Å²) in [6.45, 7) is 2.32. The lowest BCUT2D eigenvalue weighted by Crippen LogP contribution is -2.23. The van der Waals surface area contributed by atoms with Crippen LogP contribution in [0.5, 0.6) is 0 Å². The smallest absolute Gasteiger partial charge is 0.274 e. The highest BCUT2D eigenvalue weighted by Crippen LogP contribution is 2.23. The number of nitro groups is 1.